The van der Waals surface area contributed by atoms with Crippen LogP contribution in [-0.4, -0.2) is 48.4 Å². The number of piperidine rings is 1. The number of carbonyl (C=O) groups is 1. The fraction of sp³-hybridized carbons (Fsp3) is 0.367. The Balaban J connectivity index is 1.25. The zero-order valence-electron chi connectivity index (χ0n) is 19.7. The second kappa shape index (κ2) is 10.5. The summed E-state index contributed by atoms with van der Waals surface area (Å²) in [5.74, 6) is 1.07. The minimum Gasteiger partial charge on any atom is -0.338 e. The molecule has 0 radical (unpaired) electrons. The van der Waals surface area contributed by atoms with Crippen LogP contribution in [0.3, 0.4) is 0 Å². The maximum atomic E-state index is 14.1. The van der Waals surface area contributed by atoms with Crippen molar-refractivity contribution >= 4 is 5.91 Å². The highest BCUT2D eigenvalue weighted by Crippen LogP contribution is 2.35. The van der Waals surface area contributed by atoms with Crippen molar-refractivity contribution in [2.75, 3.05) is 32.7 Å². The van der Waals surface area contributed by atoms with E-state index in [0.717, 1.165) is 49.6 Å². The molecule has 0 spiro atoms. The van der Waals surface area contributed by atoms with E-state index in [2.05, 4.69) is 35.2 Å². The first-order valence-electron chi connectivity index (χ1n) is 12.5. The summed E-state index contributed by atoms with van der Waals surface area (Å²) in [5.41, 5.74) is 3.16. The SMILES string of the molecule is O=C(c1ccccc1)N1CC(CN2CCC(Cc3ccccc3)CC2)C(c2cccc(F)c2)C1. The second-order valence-electron chi connectivity index (χ2n) is 9.93. The average molecular weight is 457 g/mol. The van der Waals surface area contributed by atoms with Crippen LogP contribution in [-0.2, 0) is 6.42 Å². The summed E-state index contributed by atoms with van der Waals surface area (Å²) in [6.07, 6.45) is 3.57. The molecular weight excluding hydrogens is 423 g/mol. The first-order chi connectivity index (χ1) is 16.7. The summed E-state index contributed by atoms with van der Waals surface area (Å²) in [4.78, 5) is 17.7. The van der Waals surface area contributed by atoms with Crippen LogP contribution in [0, 0.1) is 17.7 Å². The van der Waals surface area contributed by atoms with Gasteiger partial charge in [-0.2, -0.15) is 0 Å². The van der Waals surface area contributed by atoms with Crippen molar-refractivity contribution in [3.05, 3.63) is 107 Å². The number of benzene rings is 3. The number of likely N-dealkylation sites (tertiary alicyclic amines) is 2. The first kappa shape index (κ1) is 22.8. The van der Waals surface area contributed by atoms with Crippen molar-refractivity contribution in [3.8, 4) is 0 Å². The van der Waals surface area contributed by atoms with Crippen LogP contribution < -0.4 is 0 Å². The van der Waals surface area contributed by atoms with E-state index in [1.165, 1.54) is 24.5 Å². The maximum Gasteiger partial charge on any atom is 0.253 e. The second-order valence-corrected chi connectivity index (χ2v) is 9.93. The van der Waals surface area contributed by atoms with Gasteiger partial charge in [-0.25, -0.2) is 4.39 Å². The monoisotopic (exact) mass is 456 g/mol. The number of carbonyl (C=O) groups excluding carboxylic acids is 1. The topological polar surface area (TPSA) is 23.6 Å². The first-order valence-corrected chi connectivity index (χ1v) is 12.5. The van der Waals surface area contributed by atoms with E-state index in [0.29, 0.717) is 12.5 Å². The van der Waals surface area contributed by atoms with Gasteiger partial charge in [0.25, 0.3) is 5.91 Å². The molecule has 0 saturated carbocycles. The Morgan fingerprint density at radius 3 is 2.26 bits per heavy atom. The Morgan fingerprint density at radius 2 is 1.56 bits per heavy atom. The molecule has 2 aliphatic rings. The molecule has 2 saturated heterocycles. The van der Waals surface area contributed by atoms with E-state index in [1.54, 1.807) is 12.1 Å². The Hall–Kier alpha value is -2.98. The fourth-order valence-corrected chi connectivity index (χ4v) is 5.75. The smallest absolute Gasteiger partial charge is 0.253 e. The van der Waals surface area contributed by atoms with Gasteiger partial charge < -0.3 is 9.80 Å². The van der Waals surface area contributed by atoms with Crippen LogP contribution in [0.15, 0.2) is 84.9 Å². The number of halogens is 1. The van der Waals surface area contributed by atoms with Crippen LogP contribution in [0.2, 0.25) is 0 Å². The number of amides is 1. The Morgan fingerprint density at radius 1 is 0.853 bits per heavy atom. The third-order valence-electron chi connectivity index (χ3n) is 7.59. The summed E-state index contributed by atoms with van der Waals surface area (Å²) in [6.45, 7) is 4.51. The molecule has 3 aromatic rings. The molecule has 1 amide bonds. The van der Waals surface area contributed by atoms with Crippen molar-refractivity contribution in [1.82, 2.24) is 9.80 Å². The third kappa shape index (κ3) is 5.39. The van der Waals surface area contributed by atoms with Crippen molar-refractivity contribution < 1.29 is 9.18 Å². The summed E-state index contributed by atoms with van der Waals surface area (Å²) in [7, 11) is 0. The van der Waals surface area contributed by atoms with Gasteiger partial charge in [0.15, 0.2) is 0 Å². The molecule has 2 heterocycles. The van der Waals surface area contributed by atoms with E-state index in [1.807, 2.05) is 41.3 Å². The quantitative estimate of drug-likeness (QED) is 0.480. The number of rotatable bonds is 6. The van der Waals surface area contributed by atoms with Crippen LogP contribution >= 0.6 is 0 Å². The highest BCUT2D eigenvalue weighted by atomic mass is 19.1. The molecular formula is C30H33FN2O. The van der Waals surface area contributed by atoms with E-state index in [9.17, 15) is 9.18 Å². The Labute approximate surface area is 202 Å². The van der Waals surface area contributed by atoms with Gasteiger partial charge in [-0.05, 0) is 79.6 Å². The normalized spacial score (nSPS) is 21.6. The largest absolute Gasteiger partial charge is 0.338 e. The highest BCUT2D eigenvalue weighted by Gasteiger charge is 2.38. The van der Waals surface area contributed by atoms with Crippen molar-refractivity contribution in [2.24, 2.45) is 11.8 Å². The zero-order valence-corrected chi connectivity index (χ0v) is 19.7. The molecule has 0 aliphatic carbocycles. The van der Waals surface area contributed by atoms with Gasteiger partial charge in [-0.1, -0.05) is 60.7 Å². The summed E-state index contributed by atoms with van der Waals surface area (Å²) in [5, 5.41) is 0. The predicted molar refractivity (Wildman–Crippen MR) is 134 cm³/mol. The zero-order chi connectivity index (χ0) is 23.3. The van der Waals surface area contributed by atoms with Crippen molar-refractivity contribution in [1.29, 1.82) is 0 Å². The number of nitrogens with zero attached hydrogens (tertiary/aromatic N) is 2. The van der Waals surface area contributed by atoms with Gasteiger partial charge in [0.1, 0.15) is 5.82 Å². The van der Waals surface area contributed by atoms with Crippen LogP contribution in [0.25, 0.3) is 0 Å². The van der Waals surface area contributed by atoms with Gasteiger partial charge in [0, 0.05) is 31.1 Å². The lowest BCUT2D eigenvalue weighted by atomic mass is 9.86. The summed E-state index contributed by atoms with van der Waals surface area (Å²) < 4.78 is 14.1. The summed E-state index contributed by atoms with van der Waals surface area (Å²) in [6, 6.07) is 27.2. The molecule has 3 nitrogen and oxygen atoms in total. The van der Waals surface area contributed by atoms with E-state index < -0.39 is 0 Å². The molecule has 2 unspecified atom stereocenters. The Kier molecular flexibility index (Phi) is 7.05. The molecule has 176 valence electrons. The molecule has 5 rings (SSSR count). The van der Waals surface area contributed by atoms with Gasteiger partial charge >= 0.3 is 0 Å². The van der Waals surface area contributed by atoms with Crippen molar-refractivity contribution in [3.63, 3.8) is 0 Å². The number of hydrogen-bond acceptors (Lipinski definition) is 2. The lowest BCUT2D eigenvalue weighted by Crippen LogP contribution is -2.39. The molecule has 0 N–H and O–H groups in total. The van der Waals surface area contributed by atoms with Gasteiger partial charge in [-0.15, -0.1) is 0 Å². The molecule has 3 aromatic carbocycles. The standard InChI is InChI=1S/C30H33FN2O/c31-28-13-7-12-26(19-28)29-22-33(30(34)25-10-5-2-6-11-25)21-27(29)20-32-16-14-24(15-17-32)18-23-8-3-1-4-9-23/h1-13,19,24,27,29H,14-18,20-22H2. The van der Waals surface area contributed by atoms with Crippen molar-refractivity contribution in [2.45, 2.75) is 25.2 Å². The molecule has 0 bridgehead atoms. The minimum atomic E-state index is -0.203. The molecule has 2 atom stereocenters. The van der Waals surface area contributed by atoms with Crippen LogP contribution in [0.5, 0.6) is 0 Å². The van der Waals surface area contributed by atoms with Crippen LogP contribution in [0.1, 0.15) is 40.2 Å². The fourth-order valence-electron chi connectivity index (χ4n) is 5.75. The van der Waals surface area contributed by atoms with E-state index in [-0.39, 0.29) is 17.6 Å². The molecule has 2 fully saturated rings. The maximum absolute atomic E-state index is 14.1. The lowest BCUT2D eigenvalue weighted by Gasteiger charge is -2.34. The lowest BCUT2D eigenvalue weighted by molar-refractivity contribution is 0.0780. The van der Waals surface area contributed by atoms with E-state index >= 15 is 0 Å². The van der Waals surface area contributed by atoms with Crippen LogP contribution in [0.4, 0.5) is 4.39 Å². The van der Waals surface area contributed by atoms with Gasteiger partial charge in [-0.3, -0.25) is 4.79 Å². The van der Waals surface area contributed by atoms with Gasteiger partial charge in [0.2, 0.25) is 0 Å². The number of hydrogen-bond donors (Lipinski definition) is 0. The Bertz CT molecular complexity index is 1080. The minimum absolute atomic E-state index is 0.0751. The van der Waals surface area contributed by atoms with Gasteiger partial charge in [0.05, 0.1) is 0 Å². The third-order valence-corrected chi connectivity index (χ3v) is 7.59. The molecule has 0 aromatic heterocycles. The predicted octanol–water partition coefficient (Wildman–Crippen LogP) is 5.64. The highest BCUT2D eigenvalue weighted by molar-refractivity contribution is 5.94. The molecule has 4 heteroatoms. The molecule has 34 heavy (non-hydrogen) atoms. The summed E-state index contributed by atoms with van der Waals surface area (Å²) >= 11 is 0. The van der Waals surface area contributed by atoms with E-state index in [4.69, 9.17) is 0 Å². The molecule has 2 aliphatic heterocycles. The average Bonchev–Trinajstić information content (AvgIpc) is 3.30.